The second-order valence-electron chi connectivity index (χ2n) is 8.91. The van der Waals surface area contributed by atoms with Crippen molar-refractivity contribution < 1.29 is 9.53 Å². The maximum Gasteiger partial charge on any atom is 0.163 e. The Balaban J connectivity index is 0.00000137. The number of ether oxygens (including phenoxy) is 1. The van der Waals surface area contributed by atoms with Gasteiger partial charge < -0.3 is 10.5 Å². The fourth-order valence-electron chi connectivity index (χ4n) is 4.06. The minimum atomic E-state index is 0.0246. The number of ketones is 1. The van der Waals surface area contributed by atoms with Crippen molar-refractivity contribution in [1.29, 1.82) is 0 Å². The number of nitrogens with two attached hydrogens (primary N) is 1. The van der Waals surface area contributed by atoms with Crippen molar-refractivity contribution in [3.05, 3.63) is 76.9 Å². The first-order valence-electron chi connectivity index (χ1n) is 12.5. The minimum absolute atomic E-state index is 0.0246. The lowest BCUT2D eigenvalue weighted by Crippen LogP contribution is -2.27. The van der Waals surface area contributed by atoms with Crippen LogP contribution in [0.3, 0.4) is 0 Å². The summed E-state index contributed by atoms with van der Waals surface area (Å²) in [5.41, 5.74) is 11.3. The maximum atomic E-state index is 12.4. The van der Waals surface area contributed by atoms with Gasteiger partial charge in [0.05, 0.1) is 0 Å². The van der Waals surface area contributed by atoms with Gasteiger partial charge in [-0.15, -0.1) is 6.58 Å². The van der Waals surface area contributed by atoms with Gasteiger partial charge in [0.1, 0.15) is 18.2 Å². The molecule has 0 heterocycles. The highest BCUT2D eigenvalue weighted by atomic mass is 16.5. The van der Waals surface area contributed by atoms with Gasteiger partial charge in [0.2, 0.25) is 0 Å². The summed E-state index contributed by atoms with van der Waals surface area (Å²) >= 11 is 0. The fraction of sp³-hybridized carbons (Fsp3) is 0.467. The predicted molar refractivity (Wildman–Crippen MR) is 146 cm³/mol. The van der Waals surface area contributed by atoms with E-state index in [1.54, 1.807) is 7.05 Å². The Morgan fingerprint density at radius 3 is 2.29 bits per heavy atom. The molecule has 0 aliphatic heterocycles. The van der Waals surface area contributed by atoms with Crippen LogP contribution in [-0.4, -0.2) is 18.7 Å². The molecule has 1 atom stereocenters. The molecule has 3 rings (SSSR count). The number of Topliss-reactive ketones (excluding diaryl/α,β-unsaturated/α-hetero) is 1. The molecule has 1 aliphatic carbocycles. The number of amidine groups is 1. The van der Waals surface area contributed by atoms with Gasteiger partial charge in [-0.25, -0.2) is 0 Å². The number of carbonyl (C=O) groups is 1. The van der Waals surface area contributed by atoms with Gasteiger partial charge in [0.15, 0.2) is 5.78 Å². The molecule has 34 heavy (non-hydrogen) atoms. The fourth-order valence-corrected chi connectivity index (χ4v) is 4.06. The molecule has 0 amide bonds. The molecule has 1 unspecified atom stereocenters. The Morgan fingerprint density at radius 1 is 1.12 bits per heavy atom. The number of fused-ring (bicyclic) bond motifs is 1. The summed E-state index contributed by atoms with van der Waals surface area (Å²) in [5.74, 6) is 1.64. The van der Waals surface area contributed by atoms with Crippen LogP contribution in [0.2, 0.25) is 0 Å². The number of hydrogen-bond acceptors (Lipinski definition) is 3. The smallest absolute Gasteiger partial charge is 0.163 e. The number of rotatable bonds is 7. The van der Waals surface area contributed by atoms with Gasteiger partial charge in [-0.2, -0.15) is 0 Å². The van der Waals surface area contributed by atoms with Crippen LogP contribution in [0.5, 0.6) is 5.75 Å². The number of hydrogen-bond donors (Lipinski definition) is 1. The van der Waals surface area contributed by atoms with Crippen LogP contribution in [-0.2, 0) is 12.0 Å². The summed E-state index contributed by atoms with van der Waals surface area (Å²) < 4.78 is 5.98. The number of allylic oxidation sites excluding steroid dienone is 1. The van der Waals surface area contributed by atoms with Gasteiger partial charge in [0, 0.05) is 24.9 Å². The van der Waals surface area contributed by atoms with Crippen molar-refractivity contribution in [2.24, 2.45) is 10.7 Å². The molecule has 186 valence electrons. The van der Waals surface area contributed by atoms with Crippen molar-refractivity contribution in [1.82, 2.24) is 0 Å². The SMILES string of the molecule is C=C(C)CC(C(N)=NC)c1ccc(OCc2ccc3c(c2)C(=O)CCC3(C)C)cc1.CC.CC. The Kier molecular flexibility index (Phi) is 11.8. The monoisotopic (exact) mass is 464 g/mol. The van der Waals surface area contributed by atoms with Crippen LogP contribution in [0.4, 0.5) is 0 Å². The van der Waals surface area contributed by atoms with E-state index < -0.39 is 0 Å². The Bertz CT molecular complexity index is 972. The first-order valence-corrected chi connectivity index (χ1v) is 12.5. The van der Waals surface area contributed by atoms with E-state index in [1.807, 2.05) is 65.0 Å². The summed E-state index contributed by atoms with van der Waals surface area (Å²) in [6, 6.07) is 14.1. The summed E-state index contributed by atoms with van der Waals surface area (Å²) in [6.45, 7) is 18.8. The zero-order valence-electron chi connectivity index (χ0n) is 22.5. The molecule has 0 saturated carbocycles. The lowest BCUT2D eigenvalue weighted by Gasteiger charge is -2.31. The van der Waals surface area contributed by atoms with Gasteiger partial charge in [-0.05, 0) is 60.1 Å². The van der Waals surface area contributed by atoms with Crippen molar-refractivity contribution in [3.8, 4) is 5.75 Å². The summed E-state index contributed by atoms with van der Waals surface area (Å²) in [4.78, 5) is 16.6. The quantitative estimate of drug-likeness (QED) is 0.260. The first kappa shape index (κ1) is 29.2. The van der Waals surface area contributed by atoms with Crippen LogP contribution in [0.25, 0.3) is 0 Å². The highest BCUT2D eigenvalue weighted by Gasteiger charge is 2.31. The molecule has 2 aromatic rings. The second-order valence-corrected chi connectivity index (χ2v) is 8.91. The first-order chi connectivity index (χ1) is 16.2. The van der Waals surface area contributed by atoms with E-state index in [-0.39, 0.29) is 17.1 Å². The van der Waals surface area contributed by atoms with E-state index in [9.17, 15) is 4.79 Å². The Labute approximate surface area is 207 Å². The van der Waals surface area contributed by atoms with Crippen LogP contribution < -0.4 is 10.5 Å². The highest BCUT2D eigenvalue weighted by Crippen LogP contribution is 2.37. The van der Waals surface area contributed by atoms with Crippen LogP contribution >= 0.6 is 0 Å². The average Bonchev–Trinajstić information content (AvgIpc) is 2.86. The predicted octanol–water partition coefficient (Wildman–Crippen LogP) is 7.61. The standard InChI is InChI=1S/C26H32N2O2.2C2H6/c1-17(2)14-21(25(27)28-5)19-7-9-20(10-8-19)30-16-18-6-11-23-22(15-18)24(29)12-13-26(23,3)4;2*1-2/h6-11,15,21H,1,12-14,16H2,2-5H3,(H2,27,28);2*1-2H3. The highest BCUT2D eigenvalue weighted by molar-refractivity contribution is 5.99. The molecule has 1 aliphatic rings. The number of nitrogens with zero attached hydrogens (tertiary/aromatic N) is 1. The van der Waals surface area contributed by atoms with Gasteiger partial charge in [-0.1, -0.05) is 71.4 Å². The molecular weight excluding hydrogens is 420 g/mol. The lowest BCUT2D eigenvalue weighted by molar-refractivity contribution is 0.0956. The third-order valence-electron chi connectivity index (χ3n) is 5.95. The molecule has 0 bridgehead atoms. The summed E-state index contributed by atoms with van der Waals surface area (Å²) in [5, 5.41) is 0. The third-order valence-corrected chi connectivity index (χ3v) is 5.95. The molecule has 0 fully saturated rings. The molecule has 0 radical (unpaired) electrons. The van der Waals surface area contributed by atoms with Crippen LogP contribution in [0.1, 0.15) is 101 Å². The molecule has 0 spiro atoms. The minimum Gasteiger partial charge on any atom is -0.489 e. The second kappa shape index (κ2) is 13.7. The van der Waals surface area contributed by atoms with Crippen molar-refractivity contribution in [2.45, 2.75) is 85.7 Å². The Morgan fingerprint density at radius 2 is 1.74 bits per heavy atom. The summed E-state index contributed by atoms with van der Waals surface area (Å²) in [6.07, 6.45) is 2.28. The molecule has 0 saturated heterocycles. The topological polar surface area (TPSA) is 64.7 Å². The van der Waals surface area contributed by atoms with E-state index in [2.05, 4.69) is 37.6 Å². The van der Waals surface area contributed by atoms with E-state index in [1.165, 1.54) is 0 Å². The van der Waals surface area contributed by atoms with Crippen LogP contribution in [0, 0.1) is 0 Å². The molecule has 0 aromatic heterocycles. The van der Waals surface area contributed by atoms with Crippen molar-refractivity contribution in [3.63, 3.8) is 0 Å². The van der Waals surface area contributed by atoms with Gasteiger partial charge in [0.25, 0.3) is 0 Å². The van der Waals surface area contributed by atoms with E-state index in [0.717, 1.165) is 46.4 Å². The van der Waals surface area contributed by atoms with E-state index in [0.29, 0.717) is 18.9 Å². The van der Waals surface area contributed by atoms with Gasteiger partial charge >= 0.3 is 0 Å². The third kappa shape index (κ3) is 7.58. The molecule has 2 N–H and O–H groups in total. The van der Waals surface area contributed by atoms with Crippen LogP contribution in [0.15, 0.2) is 59.6 Å². The normalized spacial score (nSPS) is 15.1. The van der Waals surface area contributed by atoms with Crippen molar-refractivity contribution in [2.75, 3.05) is 7.05 Å². The number of aliphatic imine (C=N–C) groups is 1. The maximum absolute atomic E-state index is 12.4. The zero-order chi connectivity index (χ0) is 25.9. The van der Waals surface area contributed by atoms with E-state index in [4.69, 9.17) is 10.5 Å². The number of carbonyl (C=O) groups excluding carboxylic acids is 1. The largest absolute Gasteiger partial charge is 0.489 e. The molecule has 2 aromatic carbocycles. The zero-order valence-corrected chi connectivity index (χ0v) is 22.5. The molecule has 4 heteroatoms. The molecule has 4 nitrogen and oxygen atoms in total. The van der Waals surface area contributed by atoms with E-state index >= 15 is 0 Å². The lowest BCUT2D eigenvalue weighted by atomic mass is 9.72. The average molecular weight is 465 g/mol. The van der Waals surface area contributed by atoms with Crippen molar-refractivity contribution >= 4 is 11.6 Å². The Hall–Kier alpha value is -2.88. The van der Waals surface area contributed by atoms with Gasteiger partial charge in [-0.3, -0.25) is 9.79 Å². The molecular formula is C30H44N2O2. The number of benzene rings is 2. The summed E-state index contributed by atoms with van der Waals surface area (Å²) in [7, 11) is 1.71.